The van der Waals surface area contributed by atoms with E-state index in [1.807, 2.05) is 0 Å². The van der Waals surface area contributed by atoms with E-state index in [1.54, 1.807) is 18.2 Å². The molecule has 0 unspecified atom stereocenters. The van der Waals surface area contributed by atoms with E-state index < -0.39 is 35.0 Å². The Morgan fingerprint density at radius 1 is 0.909 bits per heavy atom. The largest absolute Gasteiger partial charge is 0.573 e. The Kier molecular flexibility index (Phi) is 4.16. The molecule has 0 heterocycles. The molecule has 7 heteroatoms. The SMILES string of the molecule is O=C(O)c1cccc(C(=O)c2ccccc2)c1OC(F)(F)F. The van der Waals surface area contributed by atoms with Crippen molar-refractivity contribution in [1.29, 1.82) is 0 Å². The fourth-order valence-electron chi connectivity index (χ4n) is 1.85. The number of hydrogen-bond acceptors (Lipinski definition) is 3. The van der Waals surface area contributed by atoms with Crippen LogP contribution in [0.2, 0.25) is 0 Å². The summed E-state index contributed by atoms with van der Waals surface area (Å²) in [5.74, 6) is -3.40. The van der Waals surface area contributed by atoms with Gasteiger partial charge >= 0.3 is 12.3 Å². The number of carbonyl (C=O) groups is 2. The summed E-state index contributed by atoms with van der Waals surface area (Å²) >= 11 is 0. The molecule has 2 aromatic rings. The lowest BCUT2D eigenvalue weighted by molar-refractivity contribution is -0.274. The molecule has 0 aliphatic rings. The van der Waals surface area contributed by atoms with Crippen LogP contribution in [-0.2, 0) is 0 Å². The Hall–Kier alpha value is -2.83. The van der Waals surface area contributed by atoms with Crippen LogP contribution in [0.15, 0.2) is 48.5 Å². The second-order valence-electron chi connectivity index (χ2n) is 4.23. The van der Waals surface area contributed by atoms with Gasteiger partial charge in [-0.15, -0.1) is 13.2 Å². The summed E-state index contributed by atoms with van der Waals surface area (Å²) < 4.78 is 41.3. The number of para-hydroxylation sites is 1. The molecule has 0 aliphatic heterocycles. The van der Waals surface area contributed by atoms with Crippen LogP contribution in [-0.4, -0.2) is 23.2 Å². The highest BCUT2D eigenvalue weighted by Crippen LogP contribution is 2.31. The van der Waals surface area contributed by atoms with Crippen LogP contribution in [0.4, 0.5) is 13.2 Å². The third kappa shape index (κ3) is 3.43. The van der Waals surface area contributed by atoms with Crippen molar-refractivity contribution in [2.24, 2.45) is 0 Å². The second-order valence-corrected chi connectivity index (χ2v) is 4.23. The van der Waals surface area contributed by atoms with Gasteiger partial charge in [-0.25, -0.2) is 4.79 Å². The predicted molar refractivity (Wildman–Crippen MR) is 70.0 cm³/mol. The van der Waals surface area contributed by atoms with Crippen molar-refractivity contribution in [2.45, 2.75) is 6.36 Å². The smallest absolute Gasteiger partial charge is 0.478 e. The summed E-state index contributed by atoms with van der Waals surface area (Å²) in [5.41, 5.74) is -1.08. The first-order chi connectivity index (χ1) is 10.3. The Morgan fingerprint density at radius 3 is 2.05 bits per heavy atom. The Bertz CT molecular complexity index is 708. The van der Waals surface area contributed by atoms with Crippen LogP contribution in [0.1, 0.15) is 26.3 Å². The van der Waals surface area contributed by atoms with Gasteiger partial charge in [-0.1, -0.05) is 36.4 Å². The molecule has 0 saturated heterocycles. The fraction of sp³-hybridized carbons (Fsp3) is 0.0667. The number of halogens is 3. The monoisotopic (exact) mass is 310 g/mol. The molecule has 0 aromatic heterocycles. The fourth-order valence-corrected chi connectivity index (χ4v) is 1.85. The van der Waals surface area contributed by atoms with Gasteiger partial charge in [0.2, 0.25) is 0 Å². The number of ketones is 1. The number of rotatable bonds is 4. The highest BCUT2D eigenvalue weighted by atomic mass is 19.4. The van der Waals surface area contributed by atoms with Crippen LogP contribution in [0, 0.1) is 0 Å². The number of carboxylic acids is 1. The molecule has 0 bridgehead atoms. The van der Waals surface area contributed by atoms with E-state index in [2.05, 4.69) is 4.74 Å². The Morgan fingerprint density at radius 2 is 1.50 bits per heavy atom. The molecule has 0 radical (unpaired) electrons. The maximum atomic E-state index is 12.5. The van der Waals surface area contributed by atoms with E-state index in [0.717, 1.165) is 12.1 Å². The first-order valence-electron chi connectivity index (χ1n) is 6.01. The second kappa shape index (κ2) is 5.88. The zero-order chi connectivity index (χ0) is 16.3. The molecule has 114 valence electrons. The number of carbonyl (C=O) groups excluding carboxylic acids is 1. The molecule has 2 aromatic carbocycles. The first kappa shape index (κ1) is 15.6. The van der Waals surface area contributed by atoms with Crippen molar-refractivity contribution in [1.82, 2.24) is 0 Å². The number of alkyl halides is 3. The molecule has 0 spiro atoms. The Balaban J connectivity index is 2.58. The number of ether oxygens (including phenoxy) is 1. The summed E-state index contributed by atoms with van der Waals surface area (Å²) in [6, 6.07) is 10.7. The molecular formula is C15H9F3O4. The van der Waals surface area contributed by atoms with Crippen molar-refractivity contribution in [3.63, 3.8) is 0 Å². The zero-order valence-corrected chi connectivity index (χ0v) is 10.9. The quantitative estimate of drug-likeness (QED) is 0.878. The minimum absolute atomic E-state index is 0.122. The molecular weight excluding hydrogens is 301 g/mol. The van der Waals surface area contributed by atoms with Crippen LogP contribution in [0.25, 0.3) is 0 Å². The molecule has 2 rings (SSSR count). The standard InChI is InChI=1S/C15H9F3O4/c16-15(17,18)22-13-10(7-4-8-11(13)14(20)21)12(19)9-5-2-1-3-6-9/h1-8H,(H,20,21). The topological polar surface area (TPSA) is 63.6 Å². The summed E-state index contributed by atoms with van der Waals surface area (Å²) in [6.07, 6.45) is -5.11. The first-order valence-corrected chi connectivity index (χ1v) is 6.01. The lowest BCUT2D eigenvalue weighted by Crippen LogP contribution is -2.21. The van der Waals surface area contributed by atoms with E-state index in [0.29, 0.717) is 0 Å². The number of benzene rings is 2. The lowest BCUT2D eigenvalue weighted by Gasteiger charge is -2.15. The van der Waals surface area contributed by atoms with Gasteiger partial charge in [0.1, 0.15) is 5.56 Å². The highest BCUT2D eigenvalue weighted by Gasteiger charge is 2.35. The van der Waals surface area contributed by atoms with Gasteiger partial charge in [-0.3, -0.25) is 4.79 Å². The summed E-state index contributed by atoms with van der Waals surface area (Å²) in [6.45, 7) is 0. The molecule has 4 nitrogen and oxygen atoms in total. The minimum atomic E-state index is -5.11. The minimum Gasteiger partial charge on any atom is -0.478 e. The van der Waals surface area contributed by atoms with Gasteiger partial charge in [0, 0.05) is 5.56 Å². The van der Waals surface area contributed by atoms with Gasteiger partial charge in [0.05, 0.1) is 5.56 Å². The molecule has 0 amide bonds. The predicted octanol–water partition coefficient (Wildman–Crippen LogP) is 3.51. The normalized spacial score (nSPS) is 11.0. The van der Waals surface area contributed by atoms with Crippen LogP contribution < -0.4 is 4.74 Å². The van der Waals surface area contributed by atoms with Crippen LogP contribution >= 0.6 is 0 Å². The third-order valence-corrected chi connectivity index (χ3v) is 2.74. The summed E-state index contributed by atoms with van der Waals surface area (Å²) in [5, 5.41) is 8.98. The van der Waals surface area contributed by atoms with Gasteiger partial charge in [0.15, 0.2) is 11.5 Å². The van der Waals surface area contributed by atoms with Crippen LogP contribution in [0.3, 0.4) is 0 Å². The van der Waals surface area contributed by atoms with Crippen LogP contribution in [0.5, 0.6) is 5.75 Å². The maximum absolute atomic E-state index is 12.5. The van der Waals surface area contributed by atoms with Crippen molar-refractivity contribution in [3.05, 3.63) is 65.2 Å². The van der Waals surface area contributed by atoms with Gasteiger partial charge in [-0.05, 0) is 12.1 Å². The van der Waals surface area contributed by atoms with Gasteiger partial charge < -0.3 is 9.84 Å². The molecule has 1 N–H and O–H groups in total. The van der Waals surface area contributed by atoms with Crippen molar-refractivity contribution < 1.29 is 32.6 Å². The van der Waals surface area contributed by atoms with Crippen molar-refractivity contribution in [3.8, 4) is 5.75 Å². The van der Waals surface area contributed by atoms with E-state index >= 15 is 0 Å². The van der Waals surface area contributed by atoms with Gasteiger partial charge in [0.25, 0.3) is 0 Å². The average molecular weight is 310 g/mol. The van der Waals surface area contributed by atoms with Crippen molar-refractivity contribution >= 4 is 11.8 Å². The maximum Gasteiger partial charge on any atom is 0.573 e. The van der Waals surface area contributed by atoms with Crippen molar-refractivity contribution in [2.75, 3.05) is 0 Å². The molecule has 0 fully saturated rings. The number of hydrogen-bond donors (Lipinski definition) is 1. The number of aromatic carboxylic acids is 1. The van der Waals surface area contributed by atoms with E-state index in [9.17, 15) is 22.8 Å². The average Bonchev–Trinajstić information content (AvgIpc) is 2.46. The molecule has 22 heavy (non-hydrogen) atoms. The van der Waals surface area contributed by atoms with Gasteiger partial charge in [-0.2, -0.15) is 0 Å². The zero-order valence-electron chi connectivity index (χ0n) is 10.9. The van der Waals surface area contributed by atoms with E-state index in [1.165, 1.54) is 18.2 Å². The van der Waals surface area contributed by atoms with E-state index in [-0.39, 0.29) is 5.56 Å². The number of carboxylic acid groups (broad SMARTS) is 1. The third-order valence-electron chi connectivity index (χ3n) is 2.74. The summed E-state index contributed by atoms with van der Waals surface area (Å²) in [7, 11) is 0. The Labute approximate surface area is 122 Å². The molecule has 0 aliphatic carbocycles. The molecule has 0 atom stereocenters. The summed E-state index contributed by atoms with van der Waals surface area (Å²) in [4.78, 5) is 23.3. The molecule has 0 saturated carbocycles. The highest BCUT2D eigenvalue weighted by molar-refractivity contribution is 6.12. The lowest BCUT2D eigenvalue weighted by atomic mass is 10.00. The van der Waals surface area contributed by atoms with E-state index in [4.69, 9.17) is 5.11 Å².